The van der Waals surface area contributed by atoms with Crippen LogP contribution < -0.4 is 10.2 Å². The van der Waals surface area contributed by atoms with Gasteiger partial charge in [0, 0.05) is 6.04 Å². The van der Waals surface area contributed by atoms with E-state index in [1.165, 1.54) is 12.0 Å². The number of aryl methyl sites for hydroxylation is 2. The molecule has 2 heterocycles. The lowest BCUT2D eigenvalue weighted by Crippen LogP contribution is -2.54. The molecule has 2 amide bonds. The molecule has 0 aliphatic carbocycles. The van der Waals surface area contributed by atoms with Crippen LogP contribution in [0.4, 0.5) is 5.69 Å². The second-order valence-electron chi connectivity index (χ2n) is 8.02. The summed E-state index contributed by atoms with van der Waals surface area (Å²) < 4.78 is 5.02. The highest BCUT2D eigenvalue weighted by atomic mass is 16.5. The molecule has 0 radical (unpaired) electrons. The van der Waals surface area contributed by atoms with Crippen molar-refractivity contribution < 1.29 is 19.1 Å². The van der Waals surface area contributed by atoms with Crippen LogP contribution in [-0.2, 0) is 19.1 Å². The molecule has 2 aromatic carbocycles. The molecular weight excluding hydrogens is 368 g/mol. The summed E-state index contributed by atoms with van der Waals surface area (Å²) in [5, 5.41) is 3.28. The minimum atomic E-state index is -1.29. The molecule has 2 aliphatic rings. The SMILES string of the molecule is COC(=O)[C@]1(C)N[C@@H](c2ccccc2C)[C@@H]2C(=O)N(c3ccc(C)cc3)C(=O)[C@H]21. The van der Waals surface area contributed by atoms with E-state index < -0.39 is 29.4 Å². The Bertz CT molecular complexity index is 1000. The number of imide groups is 1. The highest BCUT2D eigenvalue weighted by Gasteiger charge is 2.67. The maximum absolute atomic E-state index is 13.5. The van der Waals surface area contributed by atoms with Gasteiger partial charge in [0.2, 0.25) is 11.8 Å². The van der Waals surface area contributed by atoms with Gasteiger partial charge in [-0.3, -0.25) is 19.7 Å². The van der Waals surface area contributed by atoms with Gasteiger partial charge in [-0.05, 0) is 44.0 Å². The van der Waals surface area contributed by atoms with Crippen LogP contribution in [-0.4, -0.2) is 30.4 Å². The summed E-state index contributed by atoms with van der Waals surface area (Å²) >= 11 is 0. The van der Waals surface area contributed by atoms with Gasteiger partial charge in [0.05, 0.1) is 24.6 Å². The molecule has 0 bridgehead atoms. The van der Waals surface area contributed by atoms with Crippen LogP contribution in [0.3, 0.4) is 0 Å². The van der Waals surface area contributed by atoms with E-state index in [9.17, 15) is 14.4 Å². The Labute approximate surface area is 169 Å². The van der Waals surface area contributed by atoms with Crippen molar-refractivity contribution in [2.24, 2.45) is 11.8 Å². The van der Waals surface area contributed by atoms with Gasteiger partial charge in [0.15, 0.2) is 0 Å². The monoisotopic (exact) mass is 392 g/mol. The lowest BCUT2D eigenvalue weighted by Gasteiger charge is -2.29. The van der Waals surface area contributed by atoms with E-state index in [0.717, 1.165) is 16.7 Å². The van der Waals surface area contributed by atoms with Gasteiger partial charge in [-0.25, -0.2) is 4.90 Å². The summed E-state index contributed by atoms with van der Waals surface area (Å²) in [4.78, 5) is 40.9. The fraction of sp³-hybridized carbons (Fsp3) is 0.348. The Hall–Kier alpha value is -2.99. The average molecular weight is 392 g/mol. The topological polar surface area (TPSA) is 75.7 Å². The number of methoxy groups -OCH3 is 1. The van der Waals surface area contributed by atoms with Crippen LogP contribution in [0, 0.1) is 25.7 Å². The lowest BCUT2D eigenvalue weighted by molar-refractivity contribution is -0.151. The molecule has 2 saturated heterocycles. The maximum atomic E-state index is 13.5. The van der Waals surface area contributed by atoms with Gasteiger partial charge >= 0.3 is 5.97 Å². The molecule has 2 aromatic rings. The number of hydrogen-bond donors (Lipinski definition) is 1. The van der Waals surface area contributed by atoms with Crippen molar-refractivity contribution in [3.05, 3.63) is 65.2 Å². The minimum Gasteiger partial charge on any atom is -0.468 e. The second kappa shape index (κ2) is 6.81. The van der Waals surface area contributed by atoms with E-state index in [4.69, 9.17) is 4.74 Å². The van der Waals surface area contributed by atoms with Gasteiger partial charge in [-0.2, -0.15) is 0 Å². The van der Waals surface area contributed by atoms with E-state index in [-0.39, 0.29) is 11.8 Å². The van der Waals surface area contributed by atoms with E-state index >= 15 is 0 Å². The Kier molecular flexibility index (Phi) is 4.54. The van der Waals surface area contributed by atoms with Crippen LogP contribution in [0.5, 0.6) is 0 Å². The number of ether oxygens (including phenoxy) is 1. The predicted octanol–water partition coefficient (Wildman–Crippen LogP) is 2.69. The average Bonchev–Trinajstić information content (AvgIpc) is 3.16. The molecule has 4 atom stereocenters. The van der Waals surface area contributed by atoms with E-state index in [1.807, 2.05) is 50.2 Å². The Morgan fingerprint density at radius 3 is 2.31 bits per heavy atom. The first kappa shape index (κ1) is 19.3. The van der Waals surface area contributed by atoms with Crippen LogP contribution >= 0.6 is 0 Å². The van der Waals surface area contributed by atoms with Gasteiger partial charge < -0.3 is 4.74 Å². The zero-order valence-corrected chi connectivity index (χ0v) is 16.9. The zero-order chi connectivity index (χ0) is 20.9. The minimum absolute atomic E-state index is 0.294. The molecule has 0 unspecified atom stereocenters. The molecule has 0 spiro atoms. The van der Waals surface area contributed by atoms with Crippen molar-refractivity contribution in [1.82, 2.24) is 5.32 Å². The van der Waals surface area contributed by atoms with Crippen molar-refractivity contribution in [3.63, 3.8) is 0 Å². The third kappa shape index (κ3) is 2.78. The number of anilines is 1. The van der Waals surface area contributed by atoms with E-state index in [1.54, 1.807) is 19.1 Å². The molecule has 2 aliphatic heterocycles. The second-order valence-corrected chi connectivity index (χ2v) is 8.02. The third-order valence-electron chi connectivity index (χ3n) is 6.21. The van der Waals surface area contributed by atoms with Gasteiger partial charge in [-0.15, -0.1) is 0 Å². The number of esters is 1. The van der Waals surface area contributed by atoms with E-state index in [2.05, 4.69) is 5.32 Å². The quantitative estimate of drug-likeness (QED) is 0.642. The number of benzene rings is 2. The smallest absolute Gasteiger partial charge is 0.326 e. The molecule has 2 fully saturated rings. The van der Waals surface area contributed by atoms with Crippen molar-refractivity contribution in [2.45, 2.75) is 32.4 Å². The largest absolute Gasteiger partial charge is 0.468 e. The van der Waals surface area contributed by atoms with Gasteiger partial charge in [0.1, 0.15) is 5.54 Å². The highest BCUT2D eigenvalue weighted by Crippen LogP contribution is 2.50. The van der Waals surface area contributed by atoms with Crippen molar-refractivity contribution in [2.75, 3.05) is 12.0 Å². The first-order valence-electron chi connectivity index (χ1n) is 9.65. The molecule has 0 saturated carbocycles. The molecule has 0 aromatic heterocycles. The fourth-order valence-electron chi connectivity index (χ4n) is 4.69. The van der Waals surface area contributed by atoms with Crippen molar-refractivity contribution >= 4 is 23.5 Å². The highest BCUT2D eigenvalue weighted by molar-refractivity contribution is 6.24. The Morgan fingerprint density at radius 1 is 1.03 bits per heavy atom. The number of carbonyl (C=O) groups excluding carboxylic acids is 3. The molecule has 4 rings (SSSR count). The van der Waals surface area contributed by atoms with Crippen LogP contribution in [0.25, 0.3) is 0 Å². The molecule has 6 nitrogen and oxygen atoms in total. The Morgan fingerprint density at radius 2 is 1.69 bits per heavy atom. The van der Waals surface area contributed by atoms with Crippen LogP contribution in [0.1, 0.15) is 29.7 Å². The lowest BCUT2D eigenvalue weighted by atomic mass is 9.80. The maximum Gasteiger partial charge on any atom is 0.326 e. The van der Waals surface area contributed by atoms with Gasteiger partial charge in [0.25, 0.3) is 0 Å². The fourth-order valence-corrected chi connectivity index (χ4v) is 4.69. The summed E-state index contributed by atoms with van der Waals surface area (Å²) in [6.07, 6.45) is 0. The molecule has 150 valence electrons. The number of nitrogens with one attached hydrogen (secondary N) is 1. The zero-order valence-electron chi connectivity index (χ0n) is 16.9. The number of amides is 2. The molecule has 29 heavy (non-hydrogen) atoms. The number of rotatable bonds is 3. The first-order valence-corrected chi connectivity index (χ1v) is 9.65. The first-order chi connectivity index (χ1) is 13.8. The third-order valence-corrected chi connectivity index (χ3v) is 6.21. The molecule has 1 N–H and O–H groups in total. The standard InChI is InChI=1S/C23H24N2O4/c1-13-9-11-15(12-10-13)25-20(26)17-18(21(25)27)23(3,22(28)29-4)24-19(17)16-8-6-5-7-14(16)2/h5-12,17-19,24H,1-4H3/t17-,18+,19+,23-/m1/s1. The summed E-state index contributed by atoms with van der Waals surface area (Å²) in [5.74, 6) is -2.74. The molecule has 6 heteroatoms. The van der Waals surface area contributed by atoms with Crippen LogP contribution in [0.15, 0.2) is 48.5 Å². The number of nitrogens with zero attached hydrogens (tertiary/aromatic N) is 1. The number of carbonyl (C=O) groups is 3. The summed E-state index contributed by atoms with van der Waals surface area (Å²) in [6.45, 7) is 5.55. The number of hydrogen-bond acceptors (Lipinski definition) is 5. The normalized spacial score (nSPS) is 28.6. The number of fused-ring (bicyclic) bond motifs is 1. The van der Waals surface area contributed by atoms with Crippen LogP contribution in [0.2, 0.25) is 0 Å². The van der Waals surface area contributed by atoms with E-state index in [0.29, 0.717) is 5.69 Å². The summed E-state index contributed by atoms with van der Waals surface area (Å²) in [7, 11) is 1.30. The molecular formula is C23H24N2O4. The van der Waals surface area contributed by atoms with Crippen molar-refractivity contribution in [3.8, 4) is 0 Å². The van der Waals surface area contributed by atoms with Crippen molar-refractivity contribution in [1.29, 1.82) is 0 Å². The Balaban J connectivity index is 1.84. The summed E-state index contributed by atoms with van der Waals surface area (Å²) in [5.41, 5.74) is 2.16. The summed E-state index contributed by atoms with van der Waals surface area (Å²) in [6, 6.07) is 14.5. The van der Waals surface area contributed by atoms with Gasteiger partial charge in [-0.1, -0.05) is 42.0 Å². The predicted molar refractivity (Wildman–Crippen MR) is 108 cm³/mol.